The van der Waals surface area contributed by atoms with E-state index in [2.05, 4.69) is 9.88 Å². The Kier molecular flexibility index (Phi) is 6.30. The number of halogens is 3. The minimum Gasteiger partial charge on any atom is -0.624 e. The highest BCUT2D eigenvalue weighted by Gasteiger charge is 2.31. The number of aromatic nitrogens is 1. The van der Waals surface area contributed by atoms with E-state index in [0.717, 1.165) is 33.8 Å². The average Bonchev–Trinajstić information content (AvgIpc) is 2.80. The molecule has 0 saturated carbocycles. The molecule has 0 unspecified atom stereocenters. The van der Waals surface area contributed by atoms with E-state index in [0.29, 0.717) is 32.0 Å². The van der Waals surface area contributed by atoms with E-state index in [-0.39, 0.29) is 6.54 Å². The smallest absolute Gasteiger partial charge is 0.417 e. The summed E-state index contributed by atoms with van der Waals surface area (Å²) >= 11 is 0. The molecule has 1 aliphatic heterocycles. The fraction of sp³-hybridized carbons (Fsp3) is 0.250. The molecule has 1 aromatic heterocycles. The Morgan fingerprint density at radius 3 is 2.19 bits per heavy atom. The molecule has 0 bridgehead atoms. The molecule has 32 heavy (non-hydrogen) atoms. The van der Waals surface area contributed by atoms with Gasteiger partial charge in [0.25, 0.3) is 0 Å². The minimum atomic E-state index is -4.39. The molecule has 0 spiro atoms. The van der Waals surface area contributed by atoms with Crippen LogP contribution >= 0.6 is 0 Å². The standard InChI is InChI=1S/C24H23F3N4O/c25-24(26,27)21-10-11-23(28-16-21)30-14-12-29(13-15-30)22-9-5-4-8-20(22)18-31(32)17-19-6-2-1-3-7-19/h1-11,16,18H,12-15,17H2. The SMILES string of the molecule is [O-][N+](=Cc1ccccc1N1CCN(c2ccc(C(F)(F)F)cn2)CC1)Cc1ccccc1. The van der Waals surface area contributed by atoms with Gasteiger partial charge in [-0.25, -0.2) is 9.72 Å². The van der Waals surface area contributed by atoms with Gasteiger partial charge in [-0.2, -0.15) is 13.2 Å². The molecule has 2 heterocycles. The molecule has 2 aromatic carbocycles. The number of hydroxylamine groups is 1. The third kappa shape index (κ3) is 5.19. The highest BCUT2D eigenvalue weighted by Crippen LogP contribution is 2.30. The van der Waals surface area contributed by atoms with Gasteiger partial charge in [0.15, 0.2) is 12.8 Å². The van der Waals surface area contributed by atoms with Crippen molar-refractivity contribution in [1.82, 2.24) is 4.98 Å². The van der Waals surface area contributed by atoms with Gasteiger partial charge in [0, 0.05) is 37.9 Å². The fourth-order valence-corrected chi connectivity index (χ4v) is 3.77. The van der Waals surface area contributed by atoms with Crippen LogP contribution in [0.4, 0.5) is 24.7 Å². The molecule has 0 atom stereocenters. The maximum atomic E-state index is 12.8. The molecule has 8 heteroatoms. The van der Waals surface area contributed by atoms with Gasteiger partial charge in [-0.15, -0.1) is 0 Å². The Labute approximate surface area is 184 Å². The normalized spacial score (nSPS) is 15.2. The minimum absolute atomic E-state index is 0.266. The molecule has 1 saturated heterocycles. The average molecular weight is 440 g/mol. The summed E-state index contributed by atoms with van der Waals surface area (Å²) in [6.45, 7) is 2.86. The number of hydrogen-bond donors (Lipinski definition) is 0. The van der Waals surface area contributed by atoms with Gasteiger partial charge in [-0.3, -0.25) is 0 Å². The van der Waals surface area contributed by atoms with Crippen LogP contribution in [0, 0.1) is 5.21 Å². The predicted octanol–water partition coefficient (Wildman–Crippen LogP) is 4.56. The van der Waals surface area contributed by atoms with Crippen molar-refractivity contribution in [2.45, 2.75) is 12.7 Å². The van der Waals surface area contributed by atoms with Crippen molar-refractivity contribution in [2.75, 3.05) is 36.0 Å². The fourth-order valence-electron chi connectivity index (χ4n) is 3.77. The lowest BCUT2D eigenvalue weighted by Gasteiger charge is -2.37. The van der Waals surface area contributed by atoms with Crippen molar-refractivity contribution in [3.8, 4) is 0 Å². The molecular formula is C24H23F3N4O. The van der Waals surface area contributed by atoms with Crippen LogP contribution in [-0.2, 0) is 12.7 Å². The lowest BCUT2D eigenvalue weighted by molar-refractivity contribution is -0.469. The number of benzene rings is 2. The second-order valence-electron chi connectivity index (χ2n) is 7.63. The number of nitrogens with zero attached hydrogens (tertiary/aromatic N) is 4. The Bertz CT molecular complexity index is 1060. The number of hydrogen-bond acceptors (Lipinski definition) is 4. The Balaban J connectivity index is 1.43. The maximum Gasteiger partial charge on any atom is 0.417 e. The second-order valence-corrected chi connectivity index (χ2v) is 7.63. The van der Waals surface area contributed by atoms with Crippen LogP contribution in [0.3, 0.4) is 0 Å². The van der Waals surface area contributed by atoms with Crippen molar-refractivity contribution in [2.24, 2.45) is 0 Å². The monoisotopic (exact) mass is 440 g/mol. The highest BCUT2D eigenvalue weighted by atomic mass is 19.4. The van der Waals surface area contributed by atoms with Crippen LogP contribution in [0.25, 0.3) is 0 Å². The molecular weight excluding hydrogens is 417 g/mol. The molecule has 3 aromatic rings. The molecule has 1 aliphatic rings. The second kappa shape index (κ2) is 9.30. The first kappa shape index (κ1) is 21.7. The van der Waals surface area contributed by atoms with E-state index in [1.807, 2.05) is 59.5 Å². The van der Waals surface area contributed by atoms with Crippen LogP contribution in [0.2, 0.25) is 0 Å². The summed E-state index contributed by atoms with van der Waals surface area (Å²) in [5.41, 5.74) is 1.98. The Morgan fingerprint density at radius 1 is 0.875 bits per heavy atom. The molecule has 0 amide bonds. The van der Waals surface area contributed by atoms with E-state index in [1.54, 1.807) is 6.21 Å². The molecule has 5 nitrogen and oxygen atoms in total. The van der Waals surface area contributed by atoms with Crippen LogP contribution in [0.1, 0.15) is 16.7 Å². The van der Waals surface area contributed by atoms with Crippen molar-refractivity contribution in [3.63, 3.8) is 0 Å². The van der Waals surface area contributed by atoms with Crippen molar-refractivity contribution < 1.29 is 17.9 Å². The van der Waals surface area contributed by atoms with Gasteiger partial charge < -0.3 is 15.0 Å². The third-order valence-electron chi connectivity index (χ3n) is 5.42. The maximum absolute atomic E-state index is 12.8. The molecule has 166 valence electrons. The summed E-state index contributed by atoms with van der Waals surface area (Å²) in [5.74, 6) is 0.533. The summed E-state index contributed by atoms with van der Waals surface area (Å²) in [6.07, 6.45) is -1.91. The Hall–Kier alpha value is -3.55. The van der Waals surface area contributed by atoms with E-state index in [9.17, 15) is 18.4 Å². The zero-order valence-electron chi connectivity index (χ0n) is 17.4. The van der Waals surface area contributed by atoms with Gasteiger partial charge >= 0.3 is 6.18 Å². The summed E-state index contributed by atoms with van der Waals surface area (Å²) in [7, 11) is 0. The van der Waals surface area contributed by atoms with Crippen LogP contribution in [0.5, 0.6) is 0 Å². The van der Waals surface area contributed by atoms with Gasteiger partial charge in [0.05, 0.1) is 16.8 Å². The number of piperazine rings is 1. The third-order valence-corrected chi connectivity index (χ3v) is 5.42. The number of anilines is 2. The first-order valence-corrected chi connectivity index (χ1v) is 10.3. The quantitative estimate of drug-likeness (QED) is 0.253. The van der Waals surface area contributed by atoms with Crippen LogP contribution < -0.4 is 9.80 Å². The van der Waals surface area contributed by atoms with E-state index in [1.165, 1.54) is 6.07 Å². The number of pyridine rings is 1. The van der Waals surface area contributed by atoms with Crippen LogP contribution in [-0.4, -0.2) is 42.1 Å². The summed E-state index contributed by atoms with van der Waals surface area (Å²) in [4.78, 5) is 8.15. The predicted molar refractivity (Wildman–Crippen MR) is 119 cm³/mol. The lowest BCUT2D eigenvalue weighted by Crippen LogP contribution is -2.47. The molecule has 1 fully saturated rings. The molecule has 4 rings (SSSR count). The number of rotatable bonds is 5. The van der Waals surface area contributed by atoms with Crippen molar-refractivity contribution >= 4 is 17.7 Å². The lowest BCUT2D eigenvalue weighted by atomic mass is 10.1. The number of para-hydroxylation sites is 1. The largest absolute Gasteiger partial charge is 0.624 e. The topological polar surface area (TPSA) is 45.4 Å². The summed E-state index contributed by atoms with van der Waals surface area (Å²) < 4.78 is 39.2. The van der Waals surface area contributed by atoms with Crippen molar-refractivity contribution in [3.05, 3.63) is 94.8 Å². The van der Waals surface area contributed by atoms with Gasteiger partial charge in [-0.05, 0) is 24.3 Å². The van der Waals surface area contributed by atoms with E-state index >= 15 is 0 Å². The first-order valence-electron chi connectivity index (χ1n) is 10.3. The molecule has 0 aliphatic carbocycles. The Morgan fingerprint density at radius 2 is 1.53 bits per heavy atom. The summed E-state index contributed by atoms with van der Waals surface area (Å²) in [6, 6.07) is 19.8. The number of alkyl halides is 3. The van der Waals surface area contributed by atoms with Gasteiger partial charge in [-0.1, -0.05) is 42.5 Å². The van der Waals surface area contributed by atoms with Crippen LogP contribution in [0.15, 0.2) is 72.9 Å². The van der Waals surface area contributed by atoms with Gasteiger partial charge in [0.2, 0.25) is 0 Å². The summed E-state index contributed by atoms with van der Waals surface area (Å²) in [5, 5.41) is 12.5. The first-order chi connectivity index (χ1) is 15.4. The molecule has 0 N–H and O–H groups in total. The highest BCUT2D eigenvalue weighted by molar-refractivity contribution is 5.85. The van der Waals surface area contributed by atoms with E-state index < -0.39 is 11.7 Å². The zero-order valence-corrected chi connectivity index (χ0v) is 17.4. The van der Waals surface area contributed by atoms with Crippen molar-refractivity contribution in [1.29, 1.82) is 0 Å². The van der Waals surface area contributed by atoms with Gasteiger partial charge in [0.1, 0.15) is 5.82 Å². The zero-order chi connectivity index (χ0) is 22.6. The molecule has 0 radical (unpaired) electrons. The van der Waals surface area contributed by atoms with E-state index in [4.69, 9.17) is 0 Å².